The van der Waals surface area contributed by atoms with E-state index in [1.165, 1.54) is 18.4 Å². The maximum atomic E-state index is 6.38. The third-order valence-corrected chi connectivity index (χ3v) is 5.43. The van der Waals surface area contributed by atoms with Crippen molar-refractivity contribution in [1.29, 1.82) is 0 Å². The van der Waals surface area contributed by atoms with Gasteiger partial charge < -0.3 is 18.9 Å². The molecule has 1 aliphatic carbocycles. The van der Waals surface area contributed by atoms with Crippen LogP contribution in [0, 0.1) is 5.92 Å². The van der Waals surface area contributed by atoms with E-state index in [-0.39, 0.29) is 18.3 Å². The molecular formula is C26H34O4. The SMILES string of the molecule is C=CCOC(Cc1ccc(OC)cc1)C(OCC1CC1)C(C)OCc1ccccc1. The molecule has 0 aromatic heterocycles. The number of ether oxygens (including phenoxy) is 4. The molecule has 0 N–H and O–H groups in total. The molecule has 4 nitrogen and oxygen atoms in total. The smallest absolute Gasteiger partial charge is 0.118 e. The summed E-state index contributed by atoms with van der Waals surface area (Å²) < 4.78 is 24.1. The first-order valence-corrected chi connectivity index (χ1v) is 10.8. The van der Waals surface area contributed by atoms with Gasteiger partial charge in [-0.15, -0.1) is 6.58 Å². The summed E-state index contributed by atoms with van der Waals surface area (Å²) in [6.07, 6.45) is 4.65. The molecule has 1 saturated carbocycles. The summed E-state index contributed by atoms with van der Waals surface area (Å²) in [4.78, 5) is 0. The van der Waals surface area contributed by atoms with Crippen molar-refractivity contribution in [2.45, 2.75) is 51.1 Å². The predicted molar refractivity (Wildman–Crippen MR) is 120 cm³/mol. The van der Waals surface area contributed by atoms with Gasteiger partial charge in [0.1, 0.15) is 11.9 Å². The summed E-state index contributed by atoms with van der Waals surface area (Å²) in [5.41, 5.74) is 2.34. The van der Waals surface area contributed by atoms with Crippen LogP contribution in [0.15, 0.2) is 67.3 Å². The van der Waals surface area contributed by atoms with Gasteiger partial charge in [-0.1, -0.05) is 48.5 Å². The quantitative estimate of drug-likeness (QED) is 0.401. The van der Waals surface area contributed by atoms with Gasteiger partial charge >= 0.3 is 0 Å². The second-order valence-corrected chi connectivity index (χ2v) is 7.96. The Balaban J connectivity index is 1.69. The van der Waals surface area contributed by atoms with Crippen LogP contribution < -0.4 is 4.74 Å². The lowest BCUT2D eigenvalue weighted by atomic mass is 10.00. The lowest BCUT2D eigenvalue weighted by Crippen LogP contribution is -2.43. The Kier molecular flexibility index (Phi) is 8.94. The van der Waals surface area contributed by atoms with Crippen LogP contribution in [0.25, 0.3) is 0 Å². The van der Waals surface area contributed by atoms with Crippen molar-refractivity contribution in [1.82, 2.24) is 0 Å². The molecule has 0 aliphatic heterocycles. The minimum Gasteiger partial charge on any atom is -0.497 e. The second kappa shape index (κ2) is 11.9. The number of hydrogen-bond donors (Lipinski definition) is 0. The second-order valence-electron chi connectivity index (χ2n) is 7.96. The highest BCUT2D eigenvalue weighted by atomic mass is 16.6. The third-order valence-electron chi connectivity index (χ3n) is 5.43. The summed E-state index contributed by atoms with van der Waals surface area (Å²) in [5.74, 6) is 1.53. The molecule has 0 radical (unpaired) electrons. The lowest BCUT2D eigenvalue weighted by molar-refractivity contribution is -0.135. The molecule has 3 rings (SSSR count). The third kappa shape index (κ3) is 7.28. The van der Waals surface area contributed by atoms with E-state index in [4.69, 9.17) is 18.9 Å². The highest BCUT2D eigenvalue weighted by Crippen LogP contribution is 2.30. The van der Waals surface area contributed by atoms with E-state index >= 15 is 0 Å². The summed E-state index contributed by atoms with van der Waals surface area (Å²) in [7, 11) is 1.68. The average molecular weight is 411 g/mol. The van der Waals surface area contributed by atoms with E-state index in [0.717, 1.165) is 24.3 Å². The Morgan fingerprint density at radius 3 is 2.33 bits per heavy atom. The van der Waals surface area contributed by atoms with Gasteiger partial charge in [0.2, 0.25) is 0 Å². The summed E-state index contributed by atoms with van der Waals surface area (Å²) >= 11 is 0. The monoisotopic (exact) mass is 410 g/mol. The fourth-order valence-corrected chi connectivity index (χ4v) is 3.43. The average Bonchev–Trinajstić information content (AvgIpc) is 3.61. The molecule has 3 unspecified atom stereocenters. The van der Waals surface area contributed by atoms with E-state index < -0.39 is 0 Å². The molecule has 162 valence electrons. The van der Waals surface area contributed by atoms with Gasteiger partial charge in [-0.2, -0.15) is 0 Å². The summed E-state index contributed by atoms with van der Waals surface area (Å²) in [5, 5.41) is 0. The molecule has 3 atom stereocenters. The number of benzene rings is 2. The maximum absolute atomic E-state index is 6.38. The molecule has 0 heterocycles. The Bertz CT molecular complexity index is 739. The molecule has 0 bridgehead atoms. The molecule has 0 spiro atoms. The van der Waals surface area contributed by atoms with E-state index in [2.05, 4.69) is 37.8 Å². The van der Waals surface area contributed by atoms with Gasteiger partial charge in [0, 0.05) is 6.42 Å². The Labute approximate surface area is 180 Å². The van der Waals surface area contributed by atoms with E-state index in [9.17, 15) is 0 Å². The molecule has 1 fully saturated rings. The molecule has 0 amide bonds. The Morgan fingerprint density at radius 2 is 1.70 bits per heavy atom. The normalized spacial score (nSPS) is 16.6. The zero-order valence-electron chi connectivity index (χ0n) is 18.2. The molecule has 0 saturated heterocycles. The van der Waals surface area contributed by atoms with Crippen LogP contribution in [0.5, 0.6) is 5.75 Å². The van der Waals surface area contributed by atoms with Crippen LogP contribution in [0.3, 0.4) is 0 Å². The van der Waals surface area contributed by atoms with Crippen molar-refractivity contribution in [2.24, 2.45) is 5.92 Å². The summed E-state index contributed by atoms with van der Waals surface area (Å²) in [6, 6.07) is 18.4. The van der Waals surface area contributed by atoms with Gasteiger partial charge in [0.05, 0.1) is 39.1 Å². The first-order valence-electron chi connectivity index (χ1n) is 10.8. The van der Waals surface area contributed by atoms with Crippen molar-refractivity contribution in [2.75, 3.05) is 20.3 Å². The Morgan fingerprint density at radius 1 is 0.967 bits per heavy atom. The molecule has 4 heteroatoms. The molecule has 2 aromatic carbocycles. The fourth-order valence-electron chi connectivity index (χ4n) is 3.43. The van der Waals surface area contributed by atoms with Crippen molar-refractivity contribution in [3.63, 3.8) is 0 Å². The Hall–Kier alpha value is -2.14. The lowest BCUT2D eigenvalue weighted by Gasteiger charge is -2.32. The van der Waals surface area contributed by atoms with Crippen molar-refractivity contribution in [3.05, 3.63) is 78.4 Å². The van der Waals surface area contributed by atoms with Crippen molar-refractivity contribution < 1.29 is 18.9 Å². The van der Waals surface area contributed by atoms with Crippen LogP contribution in [-0.4, -0.2) is 38.6 Å². The first-order chi connectivity index (χ1) is 14.7. The molecule has 1 aliphatic rings. The van der Waals surface area contributed by atoms with Gasteiger partial charge in [-0.05, 0) is 48.9 Å². The highest BCUT2D eigenvalue weighted by molar-refractivity contribution is 5.27. The van der Waals surface area contributed by atoms with E-state index in [1.54, 1.807) is 13.2 Å². The highest BCUT2D eigenvalue weighted by Gasteiger charge is 2.32. The van der Waals surface area contributed by atoms with E-state index in [0.29, 0.717) is 19.1 Å². The summed E-state index contributed by atoms with van der Waals surface area (Å²) in [6.45, 7) is 7.70. The number of methoxy groups -OCH3 is 1. The number of hydrogen-bond acceptors (Lipinski definition) is 4. The molecular weight excluding hydrogens is 376 g/mol. The van der Waals surface area contributed by atoms with E-state index in [1.807, 2.05) is 30.3 Å². The predicted octanol–water partition coefficient (Wildman–Crippen LogP) is 5.21. The standard InChI is InChI=1S/C26H34O4/c1-4-16-28-25(17-21-12-14-24(27-3)15-13-21)26(30-19-23-10-11-23)20(2)29-18-22-8-6-5-7-9-22/h4-9,12-15,20,23,25-26H,1,10-11,16-19H2,2-3H3. The van der Waals surface area contributed by atoms with Crippen LogP contribution in [0.2, 0.25) is 0 Å². The maximum Gasteiger partial charge on any atom is 0.118 e. The van der Waals surface area contributed by atoms with Crippen LogP contribution in [-0.2, 0) is 27.2 Å². The van der Waals surface area contributed by atoms with Crippen molar-refractivity contribution in [3.8, 4) is 5.75 Å². The van der Waals surface area contributed by atoms with Crippen molar-refractivity contribution >= 4 is 0 Å². The van der Waals surface area contributed by atoms with Crippen LogP contribution in [0.1, 0.15) is 30.9 Å². The molecule has 2 aromatic rings. The molecule has 30 heavy (non-hydrogen) atoms. The van der Waals surface area contributed by atoms with Crippen LogP contribution in [0.4, 0.5) is 0 Å². The zero-order valence-corrected chi connectivity index (χ0v) is 18.2. The largest absolute Gasteiger partial charge is 0.497 e. The van der Waals surface area contributed by atoms with Gasteiger partial charge in [0.15, 0.2) is 0 Å². The van der Waals surface area contributed by atoms with Gasteiger partial charge in [-0.3, -0.25) is 0 Å². The minimum absolute atomic E-state index is 0.1000. The zero-order chi connectivity index (χ0) is 21.2. The number of rotatable bonds is 14. The van der Waals surface area contributed by atoms with Crippen LogP contribution >= 0.6 is 0 Å². The van der Waals surface area contributed by atoms with Gasteiger partial charge in [0.25, 0.3) is 0 Å². The van der Waals surface area contributed by atoms with Gasteiger partial charge in [-0.25, -0.2) is 0 Å². The minimum atomic E-state index is -0.156. The fraction of sp³-hybridized carbons (Fsp3) is 0.462. The topological polar surface area (TPSA) is 36.9 Å². The first kappa shape index (κ1) is 22.5.